The van der Waals surface area contributed by atoms with Gasteiger partial charge in [0.1, 0.15) is 12.1 Å². The van der Waals surface area contributed by atoms with E-state index in [9.17, 15) is 28.8 Å². The number of aromatic nitrogens is 1. The monoisotopic (exact) mass is 645 g/mol. The van der Waals surface area contributed by atoms with Crippen LogP contribution in [0.1, 0.15) is 69.6 Å². The van der Waals surface area contributed by atoms with Gasteiger partial charge in [0.05, 0.1) is 18.9 Å². The Labute approximate surface area is 273 Å². The molecule has 12 nitrogen and oxygen atoms in total. The number of primary amides is 1. The first-order valence-electron chi connectivity index (χ1n) is 15.6. The van der Waals surface area contributed by atoms with Crippen molar-refractivity contribution in [2.24, 2.45) is 5.73 Å². The Hall–Kier alpha value is -5.26. The van der Waals surface area contributed by atoms with Crippen molar-refractivity contribution in [3.8, 4) is 0 Å². The second-order valence-corrected chi connectivity index (χ2v) is 11.6. The highest BCUT2D eigenvalue weighted by Gasteiger charge is 2.31. The van der Waals surface area contributed by atoms with Gasteiger partial charge in [-0.3, -0.25) is 28.8 Å². The van der Waals surface area contributed by atoms with Crippen LogP contribution in [0.15, 0.2) is 60.8 Å². The van der Waals surface area contributed by atoms with E-state index in [1.807, 2.05) is 48.5 Å². The third-order valence-electron chi connectivity index (χ3n) is 7.78. The van der Waals surface area contributed by atoms with E-state index in [1.54, 1.807) is 13.1 Å². The fraction of sp³-hybridized carbons (Fsp3) is 0.371. The number of amides is 4. The molecule has 1 heterocycles. The normalized spacial score (nSPS) is 13.3. The first-order chi connectivity index (χ1) is 22.4. The predicted octanol–water partition coefficient (Wildman–Crippen LogP) is 2.94. The fourth-order valence-corrected chi connectivity index (χ4v) is 5.16. The summed E-state index contributed by atoms with van der Waals surface area (Å²) in [7, 11) is 0. The van der Waals surface area contributed by atoms with E-state index in [2.05, 4.69) is 27.9 Å². The number of para-hydroxylation sites is 1. The molecule has 3 unspecified atom stereocenters. The lowest BCUT2D eigenvalue weighted by molar-refractivity contribution is -0.140. The summed E-state index contributed by atoms with van der Waals surface area (Å²) >= 11 is 0. The molecular weight excluding hydrogens is 602 g/mol. The van der Waals surface area contributed by atoms with Gasteiger partial charge in [0.2, 0.25) is 23.6 Å². The summed E-state index contributed by atoms with van der Waals surface area (Å²) < 4.78 is 0. The van der Waals surface area contributed by atoms with E-state index < -0.39 is 66.3 Å². The molecule has 12 heteroatoms. The largest absolute Gasteiger partial charge is 0.481 e. The summed E-state index contributed by atoms with van der Waals surface area (Å²) in [6.07, 6.45) is 6.20. The number of nitrogens with one attached hydrogen (secondary N) is 4. The first kappa shape index (κ1) is 36.2. The lowest BCUT2D eigenvalue weighted by atomic mass is 10.0. The molecule has 3 aromatic rings. The van der Waals surface area contributed by atoms with Crippen molar-refractivity contribution < 1.29 is 33.9 Å². The lowest BCUT2D eigenvalue weighted by Gasteiger charge is -2.24. The quantitative estimate of drug-likeness (QED) is 0.0902. The molecule has 0 aliphatic heterocycles. The Kier molecular flexibility index (Phi) is 13.4. The maximum Gasteiger partial charge on any atom is 0.305 e. The number of aromatic amines is 1. The zero-order chi connectivity index (χ0) is 34.5. The number of fused-ring (bicyclic) bond motifs is 1. The van der Waals surface area contributed by atoms with Gasteiger partial charge >= 0.3 is 5.97 Å². The zero-order valence-electron chi connectivity index (χ0n) is 26.9. The minimum Gasteiger partial charge on any atom is -0.481 e. The van der Waals surface area contributed by atoms with Crippen LogP contribution in [0.25, 0.3) is 16.5 Å². The number of carbonyl (C=O) groups excluding carboxylic acids is 5. The Morgan fingerprint density at radius 3 is 2.15 bits per heavy atom. The van der Waals surface area contributed by atoms with Crippen LogP contribution < -0.4 is 21.7 Å². The summed E-state index contributed by atoms with van der Waals surface area (Å²) in [6.45, 7) is 5.05. The Balaban J connectivity index is 1.84. The van der Waals surface area contributed by atoms with Gasteiger partial charge in [-0.2, -0.15) is 0 Å². The molecule has 7 N–H and O–H groups in total. The van der Waals surface area contributed by atoms with Crippen LogP contribution in [-0.4, -0.2) is 63.6 Å². The Morgan fingerprint density at radius 1 is 0.851 bits per heavy atom. The minimum absolute atomic E-state index is 0.0287. The molecule has 0 aliphatic carbocycles. The van der Waals surface area contributed by atoms with E-state index in [-0.39, 0.29) is 6.42 Å². The molecule has 47 heavy (non-hydrogen) atoms. The number of carboxylic acid groups (broad SMARTS) is 1. The van der Waals surface area contributed by atoms with Crippen LogP contribution >= 0.6 is 0 Å². The summed E-state index contributed by atoms with van der Waals surface area (Å²) in [5, 5.41) is 17.4. The number of unbranched alkanes of at least 4 members (excludes halogenated alkanes) is 2. The fourth-order valence-electron chi connectivity index (χ4n) is 5.16. The van der Waals surface area contributed by atoms with Crippen LogP contribution in [0.4, 0.5) is 0 Å². The van der Waals surface area contributed by atoms with Crippen LogP contribution in [0.2, 0.25) is 0 Å². The summed E-state index contributed by atoms with van der Waals surface area (Å²) in [4.78, 5) is 78.1. The average Bonchev–Trinajstić information content (AvgIpc) is 3.42. The van der Waals surface area contributed by atoms with Gasteiger partial charge in [-0.05, 0) is 55.0 Å². The van der Waals surface area contributed by atoms with Crippen LogP contribution in [0.3, 0.4) is 0 Å². The number of aryl methyl sites for hydroxylation is 1. The molecule has 0 saturated carbocycles. The molecule has 0 radical (unpaired) electrons. The number of hydrogen-bond donors (Lipinski definition) is 6. The molecule has 0 fully saturated rings. The SMILES string of the molecule is CCCCCc1ccc(C(C)=CC(=O)NC(Cc2c[nH]c3ccccc23)C(=O)NC(CC(N)=O)C(=O)NC(CC(=O)O)C(C)=O)cc1. The third kappa shape index (κ3) is 11.2. The van der Waals surface area contributed by atoms with Crippen LogP contribution in [-0.2, 0) is 41.6 Å². The maximum absolute atomic E-state index is 13.7. The lowest BCUT2D eigenvalue weighted by Crippen LogP contribution is -2.57. The summed E-state index contributed by atoms with van der Waals surface area (Å²) in [5.41, 5.74) is 9.61. The van der Waals surface area contributed by atoms with Gasteiger partial charge in [0, 0.05) is 29.6 Å². The van der Waals surface area contributed by atoms with E-state index in [0.717, 1.165) is 54.6 Å². The smallest absolute Gasteiger partial charge is 0.305 e. The van der Waals surface area contributed by atoms with Crippen molar-refractivity contribution >= 4 is 51.9 Å². The molecule has 250 valence electrons. The van der Waals surface area contributed by atoms with Crippen LogP contribution in [0, 0.1) is 0 Å². The molecule has 0 saturated heterocycles. The number of rotatable bonds is 18. The number of carboxylic acids is 1. The molecule has 4 amide bonds. The van der Waals surface area contributed by atoms with Crippen molar-refractivity contribution in [1.82, 2.24) is 20.9 Å². The van der Waals surface area contributed by atoms with Crippen molar-refractivity contribution in [2.45, 2.75) is 83.8 Å². The standard InChI is InChI=1S/C35H43N5O7/c1-4-5-6-9-23-12-14-24(15-13-23)21(2)16-32(43)38-29(17-25-20-37-27-11-8-7-10-26(25)27)34(46)40-30(18-31(36)42)35(47)39-28(22(3)41)19-33(44)45/h7-8,10-16,20,28-30,37H,4-6,9,17-19H2,1-3H3,(H2,36,42)(H,38,43)(H,39,47)(H,40,46)(H,44,45). The van der Waals surface area contributed by atoms with E-state index in [4.69, 9.17) is 10.8 Å². The van der Waals surface area contributed by atoms with Gasteiger partial charge in [0.25, 0.3) is 0 Å². The first-order valence-corrected chi connectivity index (χ1v) is 15.6. The molecule has 3 rings (SSSR count). The Bertz CT molecular complexity index is 1630. The van der Waals surface area contributed by atoms with E-state index in [1.165, 1.54) is 11.6 Å². The number of carbonyl (C=O) groups is 6. The van der Waals surface area contributed by atoms with Gasteiger partial charge in [-0.1, -0.05) is 62.2 Å². The second kappa shape index (κ2) is 17.4. The summed E-state index contributed by atoms with van der Waals surface area (Å²) in [6, 6.07) is 11.3. The highest BCUT2D eigenvalue weighted by Crippen LogP contribution is 2.20. The number of benzene rings is 2. The van der Waals surface area contributed by atoms with Crippen molar-refractivity contribution in [3.05, 3.63) is 77.5 Å². The highest BCUT2D eigenvalue weighted by atomic mass is 16.4. The predicted molar refractivity (Wildman–Crippen MR) is 178 cm³/mol. The number of allylic oxidation sites excluding steroid dienone is 1. The number of H-pyrrole nitrogens is 1. The van der Waals surface area contributed by atoms with E-state index >= 15 is 0 Å². The van der Waals surface area contributed by atoms with Gasteiger partial charge in [0.15, 0.2) is 5.78 Å². The average molecular weight is 646 g/mol. The maximum atomic E-state index is 13.7. The highest BCUT2D eigenvalue weighted by molar-refractivity contribution is 6.00. The number of ketones is 1. The van der Waals surface area contributed by atoms with Crippen molar-refractivity contribution in [1.29, 1.82) is 0 Å². The Morgan fingerprint density at radius 2 is 1.51 bits per heavy atom. The van der Waals surface area contributed by atoms with E-state index in [0.29, 0.717) is 5.57 Å². The number of Topliss-reactive ketones (excluding diaryl/α,β-unsaturated/α-hetero) is 1. The molecule has 3 atom stereocenters. The molecule has 0 spiro atoms. The van der Waals surface area contributed by atoms with Gasteiger partial charge < -0.3 is 31.8 Å². The number of aliphatic carboxylic acids is 1. The van der Waals surface area contributed by atoms with Crippen LogP contribution in [0.5, 0.6) is 0 Å². The zero-order valence-corrected chi connectivity index (χ0v) is 26.9. The minimum atomic E-state index is -1.54. The second-order valence-electron chi connectivity index (χ2n) is 11.6. The number of nitrogens with two attached hydrogens (primary N) is 1. The van der Waals surface area contributed by atoms with Gasteiger partial charge in [-0.15, -0.1) is 0 Å². The number of hydrogen-bond acceptors (Lipinski definition) is 6. The third-order valence-corrected chi connectivity index (χ3v) is 7.78. The molecule has 2 aromatic carbocycles. The van der Waals surface area contributed by atoms with Crippen molar-refractivity contribution in [3.63, 3.8) is 0 Å². The molecule has 0 bridgehead atoms. The summed E-state index contributed by atoms with van der Waals surface area (Å²) in [5.74, 6) is -5.18. The van der Waals surface area contributed by atoms with Crippen molar-refractivity contribution in [2.75, 3.05) is 0 Å². The topological polar surface area (TPSA) is 201 Å². The van der Waals surface area contributed by atoms with Gasteiger partial charge in [-0.25, -0.2) is 0 Å². The molecular formula is C35H43N5O7. The molecule has 1 aromatic heterocycles. The molecule has 0 aliphatic rings.